The average molecular weight is 304 g/mol. The largest absolute Gasteiger partial charge is 0.344 e. The van der Waals surface area contributed by atoms with Crippen LogP contribution in [0.1, 0.15) is 45.0 Å². The quantitative estimate of drug-likeness (QED) is 0.837. The molecule has 1 aromatic rings. The number of hydrogen-bond donors (Lipinski definition) is 2. The van der Waals surface area contributed by atoms with Crippen molar-refractivity contribution in [3.8, 4) is 0 Å². The number of piperidine rings is 1. The minimum atomic E-state index is -0.440. The van der Waals surface area contributed by atoms with E-state index in [4.69, 9.17) is 0 Å². The van der Waals surface area contributed by atoms with Crippen LogP contribution < -0.4 is 10.6 Å². The van der Waals surface area contributed by atoms with Crippen molar-refractivity contribution in [1.29, 1.82) is 0 Å². The van der Waals surface area contributed by atoms with Crippen molar-refractivity contribution in [3.63, 3.8) is 0 Å². The molecule has 2 heterocycles. The summed E-state index contributed by atoms with van der Waals surface area (Å²) in [6.07, 6.45) is 6.33. The maximum Gasteiger partial charge on any atom is 0.249 e. The third-order valence-corrected chi connectivity index (χ3v) is 3.23. The van der Waals surface area contributed by atoms with Gasteiger partial charge in [-0.15, -0.1) is 0 Å². The summed E-state index contributed by atoms with van der Waals surface area (Å²) in [4.78, 5) is 27.3. The van der Waals surface area contributed by atoms with Gasteiger partial charge in [0.25, 0.3) is 0 Å². The van der Waals surface area contributed by atoms with E-state index in [0.717, 1.165) is 11.4 Å². The van der Waals surface area contributed by atoms with Gasteiger partial charge in [-0.1, -0.05) is 26.5 Å². The monoisotopic (exact) mass is 304 g/mol. The third kappa shape index (κ3) is 3.84. The minimum absolute atomic E-state index is 0.228. The van der Waals surface area contributed by atoms with Gasteiger partial charge in [0.05, 0.1) is 11.4 Å². The van der Waals surface area contributed by atoms with E-state index in [2.05, 4.69) is 22.2 Å². The van der Waals surface area contributed by atoms with E-state index in [1.165, 1.54) is 0 Å². The molecular weight excluding hydrogens is 280 g/mol. The van der Waals surface area contributed by atoms with Crippen LogP contribution in [0.25, 0.3) is 12.2 Å². The molecule has 2 N–H and O–H groups in total. The number of rotatable bonds is 4. The molecule has 1 unspecified atom stereocenters. The van der Waals surface area contributed by atoms with Crippen LogP contribution >= 0.6 is 0 Å². The van der Waals surface area contributed by atoms with E-state index < -0.39 is 6.04 Å². The maximum absolute atomic E-state index is 11.7. The molecular formula is C16H24N4O2. The number of nitrogens with one attached hydrogen (secondary N) is 2. The summed E-state index contributed by atoms with van der Waals surface area (Å²) in [6, 6.07) is -0.440. The standard InChI is InChI=1S/C14H18N4O2.C2H6/c1-4-6-11-9(5-2)15-14(18(11)3)16-10-7-8-12(19)17-13(10)20;1-2/h4-6,10H,2,7-8H2,1,3H3,(H,15,16)(H,17,19,20);1-2H3/b6-4-;. The Balaban J connectivity index is 0.00000116. The van der Waals surface area contributed by atoms with E-state index in [-0.39, 0.29) is 11.8 Å². The van der Waals surface area contributed by atoms with Gasteiger partial charge < -0.3 is 9.88 Å². The van der Waals surface area contributed by atoms with E-state index in [0.29, 0.717) is 18.8 Å². The van der Waals surface area contributed by atoms with Gasteiger partial charge in [0.15, 0.2) is 0 Å². The molecule has 1 saturated heterocycles. The lowest BCUT2D eigenvalue weighted by Gasteiger charge is -2.22. The predicted octanol–water partition coefficient (Wildman–Crippen LogP) is 2.34. The number of amides is 2. The zero-order valence-electron chi connectivity index (χ0n) is 13.6. The summed E-state index contributed by atoms with van der Waals surface area (Å²) in [5.74, 6) is 0.0498. The lowest BCUT2D eigenvalue weighted by atomic mass is 10.1. The Bertz CT molecular complexity index is 587. The second-order valence-corrected chi connectivity index (χ2v) is 4.62. The van der Waals surface area contributed by atoms with Gasteiger partial charge in [0.1, 0.15) is 6.04 Å². The first-order valence-corrected chi connectivity index (χ1v) is 7.49. The topological polar surface area (TPSA) is 76.0 Å². The third-order valence-electron chi connectivity index (χ3n) is 3.23. The van der Waals surface area contributed by atoms with E-state index >= 15 is 0 Å². The van der Waals surface area contributed by atoms with Crippen LogP contribution in [0.5, 0.6) is 0 Å². The molecule has 0 spiro atoms. The zero-order valence-corrected chi connectivity index (χ0v) is 13.6. The Morgan fingerprint density at radius 2 is 2.09 bits per heavy atom. The zero-order chi connectivity index (χ0) is 16.7. The van der Waals surface area contributed by atoms with Crippen LogP contribution in [0.2, 0.25) is 0 Å². The van der Waals surface area contributed by atoms with Crippen molar-refractivity contribution < 1.29 is 9.59 Å². The fourth-order valence-corrected chi connectivity index (χ4v) is 2.15. The molecule has 0 aliphatic carbocycles. The molecule has 0 aromatic carbocycles. The summed E-state index contributed by atoms with van der Waals surface area (Å²) in [7, 11) is 1.86. The summed E-state index contributed by atoms with van der Waals surface area (Å²) >= 11 is 0. The lowest BCUT2D eigenvalue weighted by Crippen LogP contribution is -2.47. The predicted molar refractivity (Wildman–Crippen MR) is 89.1 cm³/mol. The number of anilines is 1. The Labute approximate surface area is 131 Å². The SMILES string of the molecule is C=Cc1nc(NC2CCC(=O)NC2=O)n(C)c1/C=C\C.CC. The molecule has 2 amide bonds. The van der Waals surface area contributed by atoms with Gasteiger partial charge in [-0.2, -0.15) is 0 Å². The molecule has 1 atom stereocenters. The van der Waals surface area contributed by atoms with Crippen LogP contribution in [0.15, 0.2) is 12.7 Å². The van der Waals surface area contributed by atoms with Crippen molar-refractivity contribution in [1.82, 2.24) is 14.9 Å². The Kier molecular flexibility index (Phi) is 6.56. The lowest BCUT2D eigenvalue weighted by molar-refractivity contribution is -0.133. The molecule has 1 aliphatic rings. The minimum Gasteiger partial charge on any atom is -0.344 e. The van der Waals surface area contributed by atoms with Crippen LogP contribution in [0.4, 0.5) is 5.95 Å². The van der Waals surface area contributed by atoms with E-state index in [1.54, 1.807) is 6.08 Å². The van der Waals surface area contributed by atoms with Crippen molar-refractivity contribution in [3.05, 3.63) is 24.0 Å². The van der Waals surface area contributed by atoms with Crippen LogP contribution in [-0.2, 0) is 16.6 Å². The smallest absolute Gasteiger partial charge is 0.249 e. The van der Waals surface area contributed by atoms with Gasteiger partial charge in [-0.3, -0.25) is 14.9 Å². The second-order valence-electron chi connectivity index (χ2n) is 4.62. The normalized spacial score (nSPS) is 17.7. The maximum atomic E-state index is 11.7. The first-order chi connectivity index (χ1) is 10.6. The Morgan fingerprint density at radius 3 is 2.64 bits per heavy atom. The average Bonchev–Trinajstić information content (AvgIpc) is 2.81. The summed E-state index contributed by atoms with van der Waals surface area (Å²) in [5, 5.41) is 5.40. The molecule has 0 saturated carbocycles. The van der Waals surface area contributed by atoms with Crippen molar-refractivity contribution in [2.24, 2.45) is 7.05 Å². The van der Waals surface area contributed by atoms with Crippen molar-refractivity contribution >= 4 is 29.9 Å². The molecule has 1 fully saturated rings. The number of imide groups is 1. The van der Waals surface area contributed by atoms with Crippen molar-refractivity contribution in [2.45, 2.75) is 39.7 Å². The van der Waals surface area contributed by atoms with Crippen LogP contribution in [0, 0.1) is 0 Å². The number of allylic oxidation sites excluding steroid dienone is 1. The molecule has 1 aliphatic heterocycles. The van der Waals surface area contributed by atoms with E-state index in [9.17, 15) is 9.59 Å². The first-order valence-electron chi connectivity index (χ1n) is 7.49. The number of imidazole rings is 1. The summed E-state index contributed by atoms with van der Waals surface area (Å²) in [5.41, 5.74) is 1.66. The van der Waals surface area contributed by atoms with Crippen LogP contribution in [-0.4, -0.2) is 27.4 Å². The highest BCUT2D eigenvalue weighted by Crippen LogP contribution is 2.19. The number of carbonyl (C=O) groups is 2. The van der Waals surface area contributed by atoms with Gasteiger partial charge in [0.2, 0.25) is 17.8 Å². The molecule has 0 radical (unpaired) electrons. The molecule has 2 rings (SSSR count). The van der Waals surface area contributed by atoms with Crippen LogP contribution in [0.3, 0.4) is 0 Å². The van der Waals surface area contributed by atoms with Gasteiger partial charge >= 0.3 is 0 Å². The van der Waals surface area contributed by atoms with Gasteiger partial charge in [-0.25, -0.2) is 4.98 Å². The van der Waals surface area contributed by atoms with Gasteiger partial charge in [-0.05, 0) is 25.5 Å². The molecule has 120 valence electrons. The Morgan fingerprint density at radius 1 is 1.41 bits per heavy atom. The summed E-state index contributed by atoms with van der Waals surface area (Å²) < 4.78 is 1.86. The molecule has 6 heteroatoms. The summed E-state index contributed by atoms with van der Waals surface area (Å²) in [6.45, 7) is 9.66. The second kappa shape index (κ2) is 8.17. The highest BCUT2D eigenvalue weighted by atomic mass is 16.2. The highest BCUT2D eigenvalue weighted by molar-refractivity contribution is 6.01. The molecule has 6 nitrogen and oxygen atoms in total. The number of nitrogens with zero attached hydrogens (tertiary/aromatic N) is 2. The first kappa shape index (κ1) is 17.7. The fraction of sp³-hybridized carbons (Fsp3) is 0.438. The number of carbonyl (C=O) groups excluding carboxylic acids is 2. The number of aromatic nitrogens is 2. The highest BCUT2D eigenvalue weighted by Gasteiger charge is 2.27. The molecule has 1 aromatic heterocycles. The van der Waals surface area contributed by atoms with E-state index in [1.807, 2.05) is 44.5 Å². The molecule has 0 bridgehead atoms. The molecule has 22 heavy (non-hydrogen) atoms. The van der Waals surface area contributed by atoms with Crippen molar-refractivity contribution in [2.75, 3.05) is 5.32 Å². The Hall–Kier alpha value is -2.37. The van der Waals surface area contributed by atoms with Gasteiger partial charge in [0, 0.05) is 13.5 Å². The fourth-order valence-electron chi connectivity index (χ4n) is 2.15. The number of hydrogen-bond acceptors (Lipinski definition) is 4.